The molecule has 19 heavy (non-hydrogen) atoms. The predicted octanol–water partition coefficient (Wildman–Crippen LogP) is 3.70. The van der Waals surface area contributed by atoms with Crippen LogP contribution in [0.3, 0.4) is 0 Å². The van der Waals surface area contributed by atoms with Crippen LogP contribution in [0.5, 0.6) is 5.75 Å². The molecule has 0 N–H and O–H groups in total. The quantitative estimate of drug-likeness (QED) is 0.781. The van der Waals surface area contributed by atoms with Crippen molar-refractivity contribution in [1.29, 1.82) is 0 Å². The van der Waals surface area contributed by atoms with Crippen molar-refractivity contribution in [2.24, 2.45) is 0 Å². The van der Waals surface area contributed by atoms with Crippen molar-refractivity contribution in [3.8, 4) is 5.75 Å². The molecular weight excluding hydrogens is 243 g/mol. The van der Waals surface area contributed by atoms with Gasteiger partial charge in [-0.25, -0.2) is 4.39 Å². The third kappa shape index (κ3) is 3.19. The van der Waals surface area contributed by atoms with E-state index < -0.39 is 5.82 Å². The lowest BCUT2D eigenvalue weighted by atomic mass is 10.0. The SMILES string of the molecule is Cc1ccc(C(=O)COc2ccccc2F)cc1C. The first-order valence-corrected chi connectivity index (χ1v) is 6.05. The molecule has 0 fully saturated rings. The lowest BCUT2D eigenvalue weighted by molar-refractivity contribution is 0.0918. The third-order valence-corrected chi connectivity index (χ3v) is 3.02. The Balaban J connectivity index is 2.05. The molecule has 0 bridgehead atoms. The molecule has 3 heteroatoms. The van der Waals surface area contributed by atoms with Gasteiger partial charge in [0.1, 0.15) is 0 Å². The number of ether oxygens (including phenoxy) is 1. The molecule has 0 aliphatic heterocycles. The monoisotopic (exact) mass is 258 g/mol. The van der Waals surface area contributed by atoms with Gasteiger partial charge < -0.3 is 4.74 Å². The number of carbonyl (C=O) groups is 1. The van der Waals surface area contributed by atoms with Crippen molar-refractivity contribution < 1.29 is 13.9 Å². The number of aryl methyl sites for hydroxylation is 2. The molecule has 2 aromatic carbocycles. The minimum atomic E-state index is -0.463. The highest BCUT2D eigenvalue weighted by molar-refractivity contribution is 5.97. The normalized spacial score (nSPS) is 10.3. The zero-order valence-corrected chi connectivity index (χ0v) is 10.9. The molecule has 0 amide bonds. The highest BCUT2D eigenvalue weighted by Crippen LogP contribution is 2.16. The lowest BCUT2D eigenvalue weighted by Crippen LogP contribution is -2.12. The number of hydrogen-bond acceptors (Lipinski definition) is 2. The maximum Gasteiger partial charge on any atom is 0.200 e. The number of carbonyl (C=O) groups excluding carboxylic acids is 1. The molecule has 0 aliphatic rings. The van der Waals surface area contributed by atoms with Gasteiger partial charge in [0.05, 0.1) is 0 Å². The van der Waals surface area contributed by atoms with Crippen molar-refractivity contribution in [2.45, 2.75) is 13.8 Å². The van der Waals surface area contributed by atoms with E-state index >= 15 is 0 Å². The molecule has 0 atom stereocenters. The molecule has 0 aliphatic carbocycles. The standard InChI is InChI=1S/C16H15FO2/c1-11-7-8-13(9-12(11)2)15(18)10-19-16-6-4-3-5-14(16)17/h3-9H,10H2,1-2H3. The largest absolute Gasteiger partial charge is 0.482 e. The van der Waals surface area contributed by atoms with E-state index in [1.54, 1.807) is 18.2 Å². The van der Waals surface area contributed by atoms with E-state index in [0.29, 0.717) is 5.56 Å². The van der Waals surface area contributed by atoms with Gasteiger partial charge >= 0.3 is 0 Å². The fourth-order valence-corrected chi connectivity index (χ4v) is 1.70. The molecule has 0 radical (unpaired) electrons. The van der Waals surface area contributed by atoms with Crippen LogP contribution in [0.25, 0.3) is 0 Å². The van der Waals surface area contributed by atoms with Crippen LogP contribution in [-0.2, 0) is 0 Å². The number of benzene rings is 2. The Kier molecular flexibility index (Phi) is 3.95. The number of hydrogen-bond donors (Lipinski definition) is 0. The van der Waals surface area contributed by atoms with Crippen LogP contribution in [0.2, 0.25) is 0 Å². The molecule has 0 saturated heterocycles. The molecule has 2 nitrogen and oxygen atoms in total. The molecule has 0 unspecified atom stereocenters. The summed E-state index contributed by atoms with van der Waals surface area (Å²) in [4.78, 5) is 11.9. The average Bonchev–Trinajstić information content (AvgIpc) is 2.40. The summed E-state index contributed by atoms with van der Waals surface area (Å²) in [7, 11) is 0. The van der Waals surface area contributed by atoms with E-state index in [9.17, 15) is 9.18 Å². The summed E-state index contributed by atoms with van der Waals surface area (Å²) in [5, 5.41) is 0. The molecule has 0 spiro atoms. The second-order valence-electron chi connectivity index (χ2n) is 4.44. The zero-order valence-electron chi connectivity index (χ0n) is 10.9. The van der Waals surface area contributed by atoms with Crippen molar-refractivity contribution in [3.63, 3.8) is 0 Å². The van der Waals surface area contributed by atoms with Gasteiger partial charge in [0.2, 0.25) is 0 Å². The number of ketones is 1. The van der Waals surface area contributed by atoms with E-state index in [1.807, 2.05) is 26.0 Å². The first-order valence-electron chi connectivity index (χ1n) is 6.05. The average molecular weight is 258 g/mol. The van der Waals surface area contributed by atoms with Gasteiger partial charge in [-0.3, -0.25) is 4.79 Å². The van der Waals surface area contributed by atoms with Crippen LogP contribution in [0.4, 0.5) is 4.39 Å². The van der Waals surface area contributed by atoms with Gasteiger partial charge in [-0.2, -0.15) is 0 Å². The number of halogens is 1. The van der Waals surface area contributed by atoms with Gasteiger partial charge in [-0.15, -0.1) is 0 Å². The molecule has 2 aromatic rings. The van der Waals surface area contributed by atoms with Crippen molar-refractivity contribution in [1.82, 2.24) is 0 Å². The fourth-order valence-electron chi connectivity index (χ4n) is 1.70. The topological polar surface area (TPSA) is 26.3 Å². The Labute approximate surface area is 111 Å². The van der Waals surface area contributed by atoms with Crippen LogP contribution in [0, 0.1) is 19.7 Å². The van der Waals surface area contributed by atoms with Crippen LogP contribution in [-0.4, -0.2) is 12.4 Å². The Hall–Kier alpha value is -2.16. The van der Waals surface area contributed by atoms with Crippen molar-refractivity contribution in [2.75, 3.05) is 6.61 Å². The summed E-state index contributed by atoms with van der Waals surface area (Å²) in [6.45, 7) is 3.77. The summed E-state index contributed by atoms with van der Waals surface area (Å²) >= 11 is 0. The number of para-hydroxylation sites is 1. The van der Waals surface area contributed by atoms with Crippen molar-refractivity contribution in [3.05, 3.63) is 65.0 Å². The number of Topliss-reactive ketones (excluding diaryl/α,β-unsaturated/α-hetero) is 1. The van der Waals surface area contributed by atoms with Crippen molar-refractivity contribution >= 4 is 5.78 Å². The van der Waals surface area contributed by atoms with E-state index in [-0.39, 0.29) is 18.1 Å². The second-order valence-corrected chi connectivity index (χ2v) is 4.44. The molecule has 0 saturated carbocycles. The number of rotatable bonds is 4. The van der Waals surface area contributed by atoms with Crippen LogP contribution >= 0.6 is 0 Å². The van der Waals surface area contributed by atoms with Gasteiger partial charge in [-0.1, -0.05) is 24.3 Å². The smallest absolute Gasteiger partial charge is 0.200 e. The molecule has 0 heterocycles. The second kappa shape index (κ2) is 5.65. The van der Waals surface area contributed by atoms with Gasteiger partial charge in [0.25, 0.3) is 0 Å². The zero-order chi connectivity index (χ0) is 13.8. The summed E-state index contributed by atoms with van der Waals surface area (Å²) in [6, 6.07) is 11.5. The summed E-state index contributed by atoms with van der Waals surface area (Å²) in [5.74, 6) is -0.526. The first-order chi connectivity index (χ1) is 9.08. The molecule has 0 aromatic heterocycles. The third-order valence-electron chi connectivity index (χ3n) is 3.02. The Morgan fingerprint density at radius 1 is 1.11 bits per heavy atom. The maximum absolute atomic E-state index is 13.3. The Morgan fingerprint density at radius 2 is 1.84 bits per heavy atom. The molecule has 98 valence electrons. The lowest BCUT2D eigenvalue weighted by Gasteiger charge is -2.07. The Morgan fingerprint density at radius 3 is 2.53 bits per heavy atom. The van der Waals surface area contributed by atoms with E-state index in [2.05, 4.69) is 0 Å². The van der Waals surface area contributed by atoms with E-state index in [1.165, 1.54) is 12.1 Å². The highest BCUT2D eigenvalue weighted by Gasteiger charge is 2.09. The van der Waals surface area contributed by atoms with Gasteiger partial charge in [0, 0.05) is 5.56 Å². The van der Waals surface area contributed by atoms with Gasteiger partial charge in [-0.05, 0) is 43.2 Å². The highest BCUT2D eigenvalue weighted by atomic mass is 19.1. The van der Waals surface area contributed by atoms with Crippen LogP contribution in [0.1, 0.15) is 21.5 Å². The fraction of sp³-hybridized carbons (Fsp3) is 0.188. The summed E-state index contributed by atoms with van der Waals surface area (Å²) in [6.07, 6.45) is 0. The van der Waals surface area contributed by atoms with Gasteiger partial charge in [0.15, 0.2) is 24.0 Å². The Bertz CT molecular complexity index is 605. The van der Waals surface area contributed by atoms with Crippen LogP contribution < -0.4 is 4.74 Å². The van der Waals surface area contributed by atoms with E-state index in [4.69, 9.17) is 4.74 Å². The minimum absolute atomic E-state index is 0.0969. The van der Waals surface area contributed by atoms with E-state index in [0.717, 1.165) is 11.1 Å². The minimum Gasteiger partial charge on any atom is -0.482 e. The van der Waals surface area contributed by atoms with Crippen LogP contribution in [0.15, 0.2) is 42.5 Å². The maximum atomic E-state index is 13.3. The molecule has 2 rings (SSSR count). The summed E-state index contributed by atoms with van der Waals surface area (Å²) in [5.41, 5.74) is 2.77. The summed E-state index contributed by atoms with van der Waals surface area (Å²) < 4.78 is 18.5. The molecular formula is C16H15FO2. The first kappa shape index (κ1) is 13.3. The predicted molar refractivity (Wildman–Crippen MR) is 72.1 cm³/mol.